The predicted octanol–water partition coefficient (Wildman–Crippen LogP) is 0.00440. The molecule has 2 rings (SSSR count). The Morgan fingerprint density at radius 3 is 2.68 bits per heavy atom. The van der Waals surface area contributed by atoms with Gasteiger partial charge in [0, 0.05) is 18.9 Å². The zero-order valence-corrected chi connectivity index (χ0v) is 12.3. The van der Waals surface area contributed by atoms with Crippen molar-refractivity contribution in [1.82, 2.24) is 0 Å². The zero-order chi connectivity index (χ0) is 16.3. The van der Waals surface area contributed by atoms with Gasteiger partial charge in [0.2, 0.25) is 0 Å². The van der Waals surface area contributed by atoms with Crippen LogP contribution in [0, 0.1) is 0 Å². The molecule has 4 N–H and O–H groups in total. The second-order valence-corrected chi connectivity index (χ2v) is 5.95. The Balaban J connectivity index is 2.03. The fourth-order valence-corrected chi connectivity index (χ4v) is 2.89. The minimum absolute atomic E-state index is 0.488. The third kappa shape index (κ3) is 3.72. The summed E-state index contributed by atoms with van der Waals surface area (Å²) in [4.78, 5) is 22.8. The van der Waals surface area contributed by atoms with Gasteiger partial charge in [-0.3, -0.25) is 0 Å². The molecule has 1 aromatic heterocycles. The van der Waals surface area contributed by atoms with Gasteiger partial charge in [-0.25, -0.2) is 9.59 Å². The normalized spacial score (nSPS) is 32.0. The first-order valence-corrected chi connectivity index (χ1v) is 7.49. The van der Waals surface area contributed by atoms with E-state index in [1.807, 2.05) is 10.8 Å². The predicted molar refractivity (Wildman–Crippen MR) is 77.1 cm³/mol. The van der Waals surface area contributed by atoms with Crippen LogP contribution in [0.15, 0.2) is 22.9 Å². The zero-order valence-electron chi connectivity index (χ0n) is 11.5. The summed E-state index contributed by atoms with van der Waals surface area (Å²) in [5.74, 6) is -2.33. The molecule has 1 fully saturated rings. The number of esters is 1. The molecule has 0 unspecified atom stereocenters. The summed E-state index contributed by atoms with van der Waals surface area (Å²) < 4.78 is 4.96. The monoisotopic (exact) mass is 328 g/mol. The lowest BCUT2D eigenvalue weighted by Gasteiger charge is -2.39. The van der Waals surface area contributed by atoms with Gasteiger partial charge in [-0.1, -0.05) is 0 Å². The van der Waals surface area contributed by atoms with Crippen molar-refractivity contribution in [2.75, 3.05) is 0 Å². The molecule has 1 aliphatic rings. The maximum absolute atomic E-state index is 11.7. The van der Waals surface area contributed by atoms with E-state index in [0.29, 0.717) is 0 Å². The number of aliphatic hydroxyl groups excluding tert-OH is 2. The average molecular weight is 328 g/mol. The van der Waals surface area contributed by atoms with E-state index in [0.717, 1.165) is 11.6 Å². The average Bonchev–Trinajstić information content (AvgIpc) is 2.95. The van der Waals surface area contributed by atoms with Crippen LogP contribution in [-0.4, -0.2) is 56.3 Å². The number of aliphatic hydroxyl groups is 3. The molecule has 1 saturated carbocycles. The first kappa shape index (κ1) is 16.6. The Hall–Kier alpha value is -1.74. The molecule has 0 bridgehead atoms. The number of hydrogen-bond donors (Lipinski definition) is 4. The fourth-order valence-electron chi connectivity index (χ4n) is 2.26. The van der Waals surface area contributed by atoms with E-state index in [1.54, 1.807) is 6.07 Å². The number of carbonyl (C=O) groups is 2. The highest BCUT2D eigenvalue weighted by Gasteiger charge is 2.50. The first-order valence-electron chi connectivity index (χ1n) is 6.54. The molecule has 0 amide bonds. The van der Waals surface area contributed by atoms with Gasteiger partial charge in [0.25, 0.3) is 0 Å². The highest BCUT2D eigenvalue weighted by molar-refractivity contribution is 7.08. The van der Waals surface area contributed by atoms with Crippen LogP contribution in [0.2, 0.25) is 0 Å². The Kier molecular flexibility index (Phi) is 4.97. The molecule has 22 heavy (non-hydrogen) atoms. The lowest BCUT2D eigenvalue weighted by atomic mass is 9.79. The maximum atomic E-state index is 11.7. The second-order valence-electron chi connectivity index (χ2n) is 5.17. The number of thiophene rings is 1. The van der Waals surface area contributed by atoms with E-state index in [2.05, 4.69) is 0 Å². The number of carbonyl (C=O) groups excluding carboxylic acids is 1. The molecule has 8 heteroatoms. The van der Waals surface area contributed by atoms with Crippen LogP contribution in [-0.2, 0) is 14.3 Å². The van der Waals surface area contributed by atoms with Crippen molar-refractivity contribution in [3.8, 4) is 0 Å². The van der Waals surface area contributed by atoms with Crippen molar-refractivity contribution < 1.29 is 34.8 Å². The number of carboxylic acid groups (broad SMARTS) is 1. The smallest absolute Gasteiger partial charge is 0.335 e. The summed E-state index contributed by atoms with van der Waals surface area (Å²) in [5, 5.41) is 42.0. The van der Waals surface area contributed by atoms with E-state index < -0.39 is 48.7 Å². The van der Waals surface area contributed by atoms with Gasteiger partial charge >= 0.3 is 11.9 Å². The molecular formula is C14H16O7S. The topological polar surface area (TPSA) is 124 Å². The molecule has 4 atom stereocenters. The molecule has 0 spiro atoms. The lowest BCUT2D eigenvalue weighted by molar-refractivity contribution is -0.196. The Morgan fingerprint density at radius 2 is 2.09 bits per heavy atom. The first-order chi connectivity index (χ1) is 10.3. The third-order valence-electron chi connectivity index (χ3n) is 3.48. The van der Waals surface area contributed by atoms with Crippen LogP contribution < -0.4 is 0 Å². The van der Waals surface area contributed by atoms with Crippen LogP contribution in [0.3, 0.4) is 0 Å². The van der Waals surface area contributed by atoms with Crippen LogP contribution in [0.25, 0.3) is 6.08 Å². The summed E-state index contributed by atoms with van der Waals surface area (Å²) in [7, 11) is 0. The van der Waals surface area contributed by atoms with Gasteiger partial charge in [0.1, 0.15) is 12.2 Å². The van der Waals surface area contributed by atoms with E-state index in [4.69, 9.17) is 9.84 Å². The molecule has 120 valence electrons. The molecule has 1 aliphatic carbocycles. The van der Waals surface area contributed by atoms with Crippen molar-refractivity contribution in [1.29, 1.82) is 0 Å². The van der Waals surface area contributed by atoms with Crippen LogP contribution in [0.5, 0.6) is 0 Å². The van der Waals surface area contributed by atoms with Crippen LogP contribution >= 0.6 is 11.3 Å². The highest BCUT2D eigenvalue weighted by atomic mass is 32.1. The number of aliphatic carboxylic acids is 1. The van der Waals surface area contributed by atoms with Crippen molar-refractivity contribution >= 4 is 29.4 Å². The van der Waals surface area contributed by atoms with E-state index in [9.17, 15) is 24.9 Å². The standard InChI is InChI=1S/C14H16O7S/c15-9-5-14(20,13(18)19)6-10(12(9)17)21-11(16)2-1-8-3-4-22-7-8/h1-4,7,9-10,12,15,17,20H,5-6H2,(H,18,19)/b2-1+/t9-,10-,12-,14+/m1/s1. The molecule has 7 nitrogen and oxygen atoms in total. The maximum Gasteiger partial charge on any atom is 0.335 e. The fraction of sp³-hybridized carbons (Fsp3) is 0.429. The van der Waals surface area contributed by atoms with Crippen molar-refractivity contribution in [2.24, 2.45) is 0 Å². The van der Waals surface area contributed by atoms with Crippen molar-refractivity contribution in [3.05, 3.63) is 28.5 Å². The minimum atomic E-state index is -2.24. The number of hydrogen-bond acceptors (Lipinski definition) is 7. The lowest BCUT2D eigenvalue weighted by Crippen LogP contribution is -2.57. The van der Waals surface area contributed by atoms with Crippen LogP contribution in [0.1, 0.15) is 18.4 Å². The summed E-state index contributed by atoms with van der Waals surface area (Å²) >= 11 is 1.46. The molecule has 0 radical (unpaired) electrons. The largest absolute Gasteiger partial charge is 0.479 e. The molecule has 1 heterocycles. The summed E-state index contributed by atoms with van der Waals surface area (Å²) in [6.45, 7) is 0. The number of carboxylic acids is 1. The Bertz CT molecular complexity index is 568. The molecule has 0 aromatic carbocycles. The summed E-state index contributed by atoms with van der Waals surface area (Å²) in [6, 6.07) is 1.79. The quantitative estimate of drug-likeness (QED) is 0.453. The van der Waals surface area contributed by atoms with Gasteiger partial charge in [0.05, 0.1) is 6.10 Å². The minimum Gasteiger partial charge on any atom is -0.479 e. The number of rotatable bonds is 4. The molecule has 1 aromatic rings. The van der Waals surface area contributed by atoms with E-state index in [-0.39, 0.29) is 0 Å². The van der Waals surface area contributed by atoms with E-state index in [1.165, 1.54) is 17.4 Å². The molecule has 0 aliphatic heterocycles. The Morgan fingerprint density at radius 1 is 1.36 bits per heavy atom. The SMILES string of the molecule is O=C(/C=C/c1ccsc1)O[C@@H]1C[C@](O)(C(=O)O)C[C@@H](O)[C@H]1O. The molecular weight excluding hydrogens is 312 g/mol. The van der Waals surface area contributed by atoms with Crippen molar-refractivity contribution in [3.63, 3.8) is 0 Å². The highest BCUT2D eigenvalue weighted by Crippen LogP contribution is 2.31. The van der Waals surface area contributed by atoms with E-state index >= 15 is 0 Å². The van der Waals surface area contributed by atoms with Gasteiger partial charge < -0.3 is 25.2 Å². The third-order valence-corrected chi connectivity index (χ3v) is 4.18. The van der Waals surface area contributed by atoms with Gasteiger partial charge in [0.15, 0.2) is 5.60 Å². The Labute approximate surface area is 130 Å². The van der Waals surface area contributed by atoms with Gasteiger partial charge in [-0.15, -0.1) is 0 Å². The van der Waals surface area contributed by atoms with Crippen molar-refractivity contribution in [2.45, 2.75) is 36.8 Å². The summed E-state index contributed by atoms with van der Waals surface area (Å²) in [6.07, 6.45) is -2.61. The van der Waals surface area contributed by atoms with Gasteiger partial charge in [-0.05, 0) is 28.5 Å². The number of ether oxygens (including phenoxy) is 1. The van der Waals surface area contributed by atoms with Crippen LogP contribution in [0.4, 0.5) is 0 Å². The summed E-state index contributed by atoms with van der Waals surface area (Å²) in [5.41, 5.74) is -1.44. The molecule has 0 saturated heterocycles. The second kappa shape index (κ2) is 6.57. The van der Waals surface area contributed by atoms with Gasteiger partial charge in [-0.2, -0.15) is 11.3 Å².